The largest absolute Gasteiger partial charge is 0.480 e. The molecular weight excluding hydrogens is 264 g/mol. The predicted molar refractivity (Wildman–Crippen MR) is 81.5 cm³/mol. The molecule has 0 fully saturated rings. The van der Waals surface area contributed by atoms with Crippen LogP contribution in [0.2, 0.25) is 0 Å². The van der Waals surface area contributed by atoms with E-state index in [9.17, 15) is 4.79 Å². The van der Waals surface area contributed by atoms with Gasteiger partial charge >= 0.3 is 0 Å². The van der Waals surface area contributed by atoms with Gasteiger partial charge < -0.3 is 15.4 Å². The Kier molecular flexibility index (Phi) is 2.64. The smallest absolute Gasteiger partial charge is 0.268 e. The van der Waals surface area contributed by atoms with Gasteiger partial charge in [0.25, 0.3) is 5.91 Å². The fourth-order valence-electron chi connectivity index (χ4n) is 3.20. The first-order valence-electron chi connectivity index (χ1n) is 7.17. The van der Waals surface area contributed by atoms with Gasteiger partial charge in [0.15, 0.2) is 6.10 Å². The van der Waals surface area contributed by atoms with Crippen LogP contribution < -0.4 is 15.4 Å². The number of rotatable bonds is 1. The molecule has 4 rings (SSSR count). The van der Waals surface area contributed by atoms with Gasteiger partial charge in [0.05, 0.1) is 11.4 Å². The van der Waals surface area contributed by atoms with Gasteiger partial charge in [-0.1, -0.05) is 30.3 Å². The number of benzene rings is 2. The lowest BCUT2D eigenvalue weighted by Crippen LogP contribution is -2.40. The normalized spacial score (nSPS) is 19.0. The van der Waals surface area contributed by atoms with E-state index in [1.54, 1.807) is 4.90 Å². The number of hydrogen-bond donors (Lipinski definition) is 1. The van der Waals surface area contributed by atoms with Gasteiger partial charge in [-0.15, -0.1) is 0 Å². The standard InChI is InChI=1S/C17H16N2O2/c18-13-6-3-5-11-8-9-19(16(11)13)17(20)15-10-12-4-1-2-7-14(12)21-15/h1-7,15H,8-10,18H2. The quantitative estimate of drug-likeness (QED) is 0.814. The Morgan fingerprint density at radius 1 is 1.14 bits per heavy atom. The molecule has 0 spiro atoms. The van der Waals surface area contributed by atoms with Gasteiger partial charge in [0, 0.05) is 13.0 Å². The van der Waals surface area contributed by atoms with E-state index in [0.717, 1.165) is 29.0 Å². The second-order valence-corrected chi connectivity index (χ2v) is 5.51. The van der Waals surface area contributed by atoms with Crippen molar-refractivity contribution < 1.29 is 9.53 Å². The van der Waals surface area contributed by atoms with E-state index >= 15 is 0 Å². The molecule has 1 atom stereocenters. The summed E-state index contributed by atoms with van der Waals surface area (Å²) < 4.78 is 5.80. The summed E-state index contributed by atoms with van der Waals surface area (Å²) in [6, 6.07) is 13.6. The highest BCUT2D eigenvalue weighted by Gasteiger charge is 2.36. The number of anilines is 2. The Morgan fingerprint density at radius 2 is 1.95 bits per heavy atom. The van der Waals surface area contributed by atoms with Crippen molar-refractivity contribution in [2.75, 3.05) is 17.2 Å². The number of nitrogen functional groups attached to an aromatic ring is 1. The number of amides is 1. The van der Waals surface area contributed by atoms with Crippen LogP contribution >= 0.6 is 0 Å². The van der Waals surface area contributed by atoms with Crippen LogP contribution in [0, 0.1) is 0 Å². The molecule has 0 bridgehead atoms. The molecule has 106 valence electrons. The van der Waals surface area contributed by atoms with Crippen LogP contribution in [0.25, 0.3) is 0 Å². The van der Waals surface area contributed by atoms with Crippen LogP contribution in [0.15, 0.2) is 42.5 Å². The molecule has 2 aliphatic rings. The summed E-state index contributed by atoms with van der Waals surface area (Å²) in [7, 11) is 0. The Bertz CT molecular complexity index is 701. The molecular formula is C17H16N2O2. The van der Waals surface area contributed by atoms with E-state index in [2.05, 4.69) is 0 Å². The second kappa shape index (κ2) is 4.52. The number of ether oxygens (including phenoxy) is 1. The number of nitrogens with two attached hydrogens (primary N) is 1. The predicted octanol–water partition coefficient (Wildman–Crippen LogP) is 2.16. The van der Waals surface area contributed by atoms with Crippen molar-refractivity contribution >= 4 is 17.3 Å². The van der Waals surface area contributed by atoms with E-state index in [0.29, 0.717) is 18.7 Å². The Morgan fingerprint density at radius 3 is 2.81 bits per heavy atom. The molecule has 2 aliphatic heterocycles. The van der Waals surface area contributed by atoms with E-state index < -0.39 is 6.10 Å². The fourth-order valence-corrected chi connectivity index (χ4v) is 3.20. The fraction of sp³-hybridized carbons (Fsp3) is 0.235. The molecule has 4 heteroatoms. The van der Waals surface area contributed by atoms with E-state index in [1.807, 2.05) is 42.5 Å². The van der Waals surface area contributed by atoms with Gasteiger partial charge in [-0.25, -0.2) is 0 Å². The molecule has 2 aromatic rings. The molecule has 0 radical (unpaired) electrons. The Balaban J connectivity index is 1.62. The average Bonchev–Trinajstić information content (AvgIpc) is 3.11. The van der Waals surface area contributed by atoms with Crippen molar-refractivity contribution in [1.29, 1.82) is 0 Å². The zero-order chi connectivity index (χ0) is 14.4. The number of carbonyl (C=O) groups excluding carboxylic acids is 1. The molecule has 0 aliphatic carbocycles. The SMILES string of the molecule is Nc1cccc2c1N(C(=O)C1Cc3ccccc3O1)CC2. The number of para-hydroxylation sites is 2. The van der Waals surface area contributed by atoms with Gasteiger partial charge in [-0.3, -0.25) is 4.79 Å². The van der Waals surface area contributed by atoms with Gasteiger partial charge in [0.1, 0.15) is 5.75 Å². The zero-order valence-electron chi connectivity index (χ0n) is 11.6. The van der Waals surface area contributed by atoms with Crippen LogP contribution in [-0.4, -0.2) is 18.6 Å². The minimum Gasteiger partial charge on any atom is -0.480 e. The van der Waals surface area contributed by atoms with Crippen LogP contribution in [-0.2, 0) is 17.6 Å². The maximum atomic E-state index is 12.8. The van der Waals surface area contributed by atoms with Crippen molar-refractivity contribution in [1.82, 2.24) is 0 Å². The average molecular weight is 280 g/mol. The minimum atomic E-state index is -0.437. The second-order valence-electron chi connectivity index (χ2n) is 5.51. The van der Waals surface area contributed by atoms with Crippen LogP contribution in [0.5, 0.6) is 5.75 Å². The Hall–Kier alpha value is -2.49. The molecule has 1 amide bonds. The van der Waals surface area contributed by atoms with Crippen molar-refractivity contribution in [3.05, 3.63) is 53.6 Å². The number of fused-ring (bicyclic) bond motifs is 2. The zero-order valence-corrected chi connectivity index (χ0v) is 11.6. The molecule has 4 nitrogen and oxygen atoms in total. The van der Waals surface area contributed by atoms with Crippen molar-refractivity contribution in [2.24, 2.45) is 0 Å². The third kappa shape index (κ3) is 1.87. The van der Waals surface area contributed by atoms with Gasteiger partial charge in [-0.05, 0) is 29.7 Å². The first kappa shape index (κ1) is 12.3. The van der Waals surface area contributed by atoms with E-state index in [-0.39, 0.29) is 5.91 Å². The molecule has 0 saturated carbocycles. The summed E-state index contributed by atoms with van der Waals surface area (Å²) >= 11 is 0. The van der Waals surface area contributed by atoms with Crippen LogP contribution in [0.4, 0.5) is 11.4 Å². The van der Waals surface area contributed by atoms with Gasteiger partial charge in [-0.2, -0.15) is 0 Å². The molecule has 2 aromatic carbocycles. The molecule has 2 heterocycles. The summed E-state index contributed by atoms with van der Waals surface area (Å²) in [5.41, 5.74) is 9.80. The third-order valence-electron chi connectivity index (χ3n) is 4.21. The summed E-state index contributed by atoms with van der Waals surface area (Å²) in [5.74, 6) is 0.819. The van der Waals surface area contributed by atoms with Crippen LogP contribution in [0.3, 0.4) is 0 Å². The lowest BCUT2D eigenvalue weighted by atomic mass is 10.1. The van der Waals surface area contributed by atoms with Crippen molar-refractivity contribution in [3.63, 3.8) is 0 Å². The third-order valence-corrected chi connectivity index (χ3v) is 4.21. The van der Waals surface area contributed by atoms with E-state index in [1.165, 1.54) is 0 Å². The highest BCUT2D eigenvalue weighted by Crippen LogP contribution is 2.36. The van der Waals surface area contributed by atoms with Crippen LogP contribution in [0.1, 0.15) is 11.1 Å². The van der Waals surface area contributed by atoms with Gasteiger partial charge in [0.2, 0.25) is 0 Å². The summed E-state index contributed by atoms with van der Waals surface area (Å²) in [6.07, 6.45) is 1.05. The number of nitrogens with zero attached hydrogens (tertiary/aromatic N) is 1. The molecule has 0 aromatic heterocycles. The summed E-state index contributed by atoms with van der Waals surface area (Å²) in [6.45, 7) is 0.679. The highest BCUT2D eigenvalue weighted by molar-refractivity contribution is 6.01. The maximum absolute atomic E-state index is 12.8. The molecule has 21 heavy (non-hydrogen) atoms. The lowest BCUT2D eigenvalue weighted by molar-refractivity contribution is -0.124. The van der Waals surface area contributed by atoms with Crippen molar-refractivity contribution in [3.8, 4) is 5.75 Å². The highest BCUT2D eigenvalue weighted by atomic mass is 16.5. The maximum Gasteiger partial charge on any atom is 0.268 e. The molecule has 2 N–H and O–H groups in total. The lowest BCUT2D eigenvalue weighted by Gasteiger charge is -2.22. The molecule has 1 unspecified atom stereocenters. The molecule has 0 saturated heterocycles. The first-order chi connectivity index (χ1) is 10.2. The number of hydrogen-bond acceptors (Lipinski definition) is 3. The topological polar surface area (TPSA) is 55.6 Å². The first-order valence-corrected chi connectivity index (χ1v) is 7.17. The number of carbonyl (C=O) groups is 1. The summed E-state index contributed by atoms with van der Waals surface area (Å²) in [4.78, 5) is 14.6. The monoisotopic (exact) mass is 280 g/mol. The Labute approximate surface area is 123 Å². The van der Waals surface area contributed by atoms with E-state index in [4.69, 9.17) is 10.5 Å². The van der Waals surface area contributed by atoms with Crippen molar-refractivity contribution in [2.45, 2.75) is 18.9 Å². The minimum absolute atomic E-state index is 0.00264. The summed E-state index contributed by atoms with van der Waals surface area (Å²) in [5, 5.41) is 0.